The lowest BCUT2D eigenvalue weighted by molar-refractivity contribution is 0.0951. The van der Waals surface area contributed by atoms with Gasteiger partial charge in [0.05, 0.1) is 10.9 Å². The summed E-state index contributed by atoms with van der Waals surface area (Å²) in [5.41, 5.74) is 1.57. The van der Waals surface area contributed by atoms with Crippen LogP contribution in [0.3, 0.4) is 0 Å². The number of amides is 1. The molecule has 0 atom stereocenters. The summed E-state index contributed by atoms with van der Waals surface area (Å²) in [6.07, 6.45) is 4.80. The smallest absolute Gasteiger partial charge is 0.329 e. The number of nitrogens with zero attached hydrogens (tertiary/aromatic N) is 2. The molecule has 2 saturated carbocycles. The van der Waals surface area contributed by atoms with E-state index in [0.717, 1.165) is 37.8 Å². The number of aromatic amines is 1. The number of rotatable bonds is 7. The first-order valence-corrected chi connectivity index (χ1v) is 11.0. The van der Waals surface area contributed by atoms with E-state index in [1.54, 1.807) is 6.07 Å². The average molecular weight is 418 g/mol. The number of hydrogen-bond acceptors (Lipinski definition) is 4. The molecular formula is C24H26N4O3. The van der Waals surface area contributed by atoms with Crippen LogP contribution in [0.15, 0.2) is 46.0 Å². The summed E-state index contributed by atoms with van der Waals surface area (Å²) in [6.45, 7) is 2.91. The number of hydrogen-bond donors (Lipinski definition) is 2. The number of nitrogens with one attached hydrogen (secondary N) is 2. The average Bonchev–Trinajstić information content (AvgIpc) is 3.69. The Kier molecular flexibility index (Phi) is 4.76. The third-order valence-corrected chi connectivity index (χ3v) is 6.48. The summed E-state index contributed by atoms with van der Waals surface area (Å²) in [6, 6.07) is 12.0. The number of fused-ring (bicyclic) bond motifs is 1. The highest BCUT2D eigenvalue weighted by molar-refractivity contribution is 6.05. The molecule has 1 aromatic carbocycles. The van der Waals surface area contributed by atoms with Crippen molar-refractivity contribution in [1.82, 2.24) is 19.9 Å². The van der Waals surface area contributed by atoms with Crippen LogP contribution >= 0.6 is 0 Å². The maximum absolute atomic E-state index is 13.3. The molecule has 3 aromatic rings. The van der Waals surface area contributed by atoms with Crippen LogP contribution < -0.4 is 16.6 Å². The summed E-state index contributed by atoms with van der Waals surface area (Å²) in [7, 11) is 0. The van der Waals surface area contributed by atoms with Crippen molar-refractivity contribution in [2.45, 2.75) is 56.9 Å². The second kappa shape index (κ2) is 7.48. The topological polar surface area (TPSA) is 96.9 Å². The molecule has 0 saturated heterocycles. The van der Waals surface area contributed by atoms with Crippen LogP contribution in [-0.4, -0.2) is 27.0 Å². The van der Waals surface area contributed by atoms with Gasteiger partial charge in [-0.15, -0.1) is 0 Å². The van der Waals surface area contributed by atoms with Crippen LogP contribution in [0.25, 0.3) is 11.0 Å². The first-order valence-electron chi connectivity index (χ1n) is 11.0. The van der Waals surface area contributed by atoms with E-state index in [-0.39, 0.29) is 16.7 Å². The molecule has 0 bridgehead atoms. The predicted octanol–water partition coefficient (Wildman–Crippen LogP) is 2.83. The highest BCUT2D eigenvalue weighted by atomic mass is 16.2. The molecule has 7 heteroatoms. The van der Waals surface area contributed by atoms with E-state index < -0.39 is 11.2 Å². The predicted molar refractivity (Wildman–Crippen MR) is 119 cm³/mol. The monoisotopic (exact) mass is 418 g/mol. The number of aryl methyl sites for hydroxylation is 1. The molecular weight excluding hydrogens is 392 g/mol. The number of carbonyl (C=O) groups is 1. The van der Waals surface area contributed by atoms with E-state index in [0.29, 0.717) is 30.2 Å². The second-order valence-corrected chi connectivity index (χ2v) is 8.81. The standard InChI is InChI=1S/C24H26N4O3/c1-2-12-28-20-19(22(30)27-23(28)31)17(13-18(26-20)15-8-9-15)21(29)25-14-24(10-11-24)16-6-4-3-5-7-16/h3-7,13,15H,2,8-12,14H2,1H3,(H,25,29)(H,27,30,31). The van der Waals surface area contributed by atoms with E-state index in [2.05, 4.69) is 27.4 Å². The lowest BCUT2D eigenvalue weighted by atomic mass is 9.96. The lowest BCUT2D eigenvalue weighted by Gasteiger charge is -2.18. The number of pyridine rings is 1. The van der Waals surface area contributed by atoms with Gasteiger partial charge in [0, 0.05) is 30.1 Å². The summed E-state index contributed by atoms with van der Waals surface area (Å²) in [5.74, 6) is 0.00297. The van der Waals surface area contributed by atoms with Gasteiger partial charge in [-0.3, -0.25) is 19.1 Å². The third-order valence-electron chi connectivity index (χ3n) is 6.48. The van der Waals surface area contributed by atoms with Crippen molar-refractivity contribution < 1.29 is 4.79 Å². The van der Waals surface area contributed by atoms with Gasteiger partial charge in [-0.25, -0.2) is 9.78 Å². The first kappa shape index (κ1) is 19.7. The molecule has 2 heterocycles. The molecule has 2 N–H and O–H groups in total. The maximum atomic E-state index is 13.3. The van der Waals surface area contributed by atoms with Gasteiger partial charge in [0.25, 0.3) is 11.5 Å². The van der Waals surface area contributed by atoms with Crippen molar-refractivity contribution in [2.24, 2.45) is 0 Å². The second-order valence-electron chi connectivity index (χ2n) is 8.81. The lowest BCUT2D eigenvalue weighted by Crippen LogP contribution is -2.35. The Morgan fingerprint density at radius 1 is 1.23 bits per heavy atom. The van der Waals surface area contributed by atoms with Crippen LogP contribution in [0.5, 0.6) is 0 Å². The van der Waals surface area contributed by atoms with Crippen molar-refractivity contribution in [3.63, 3.8) is 0 Å². The van der Waals surface area contributed by atoms with Crippen molar-refractivity contribution in [3.8, 4) is 0 Å². The summed E-state index contributed by atoms with van der Waals surface area (Å²) < 4.78 is 1.48. The first-order chi connectivity index (χ1) is 15.0. The van der Waals surface area contributed by atoms with Gasteiger partial charge in [0.2, 0.25) is 0 Å². The summed E-state index contributed by atoms with van der Waals surface area (Å²) >= 11 is 0. The Labute approximate surface area is 179 Å². The minimum atomic E-state index is -0.559. The molecule has 2 fully saturated rings. The molecule has 1 amide bonds. The largest absolute Gasteiger partial charge is 0.351 e. The molecule has 160 valence electrons. The molecule has 31 heavy (non-hydrogen) atoms. The Morgan fingerprint density at radius 3 is 2.61 bits per heavy atom. The van der Waals surface area contributed by atoms with Crippen LogP contribution in [0.1, 0.15) is 66.6 Å². The van der Waals surface area contributed by atoms with E-state index in [1.165, 1.54) is 10.1 Å². The Hall–Kier alpha value is -3.22. The van der Waals surface area contributed by atoms with Gasteiger partial charge in [-0.05, 0) is 43.7 Å². The Balaban J connectivity index is 1.54. The SMILES string of the molecule is CCCn1c(=O)[nH]c(=O)c2c(C(=O)NCC3(c4ccccc4)CC3)cc(C3CC3)nc21. The molecule has 0 unspecified atom stereocenters. The fraction of sp³-hybridized carbons (Fsp3) is 0.417. The quantitative estimate of drug-likeness (QED) is 0.617. The molecule has 0 radical (unpaired) electrons. The van der Waals surface area contributed by atoms with Gasteiger partial charge < -0.3 is 5.32 Å². The Bertz CT molecular complexity index is 1270. The van der Waals surface area contributed by atoms with Gasteiger partial charge >= 0.3 is 5.69 Å². The maximum Gasteiger partial charge on any atom is 0.329 e. The van der Waals surface area contributed by atoms with Crippen LogP contribution in [0.2, 0.25) is 0 Å². The molecule has 2 aromatic heterocycles. The van der Waals surface area contributed by atoms with Crippen molar-refractivity contribution in [3.05, 3.63) is 74.1 Å². The zero-order valence-corrected chi connectivity index (χ0v) is 17.6. The molecule has 2 aliphatic rings. The number of H-pyrrole nitrogens is 1. The zero-order valence-electron chi connectivity index (χ0n) is 17.6. The van der Waals surface area contributed by atoms with Gasteiger partial charge in [-0.2, -0.15) is 0 Å². The molecule has 0 spiro atoms. The summed E-state index contributed by atoms with van der Waals surface area (Å²) in [5, 5.41) is 3.26. The normalized spacial score (nSPS) is 16.9. The minimum absolute atomic E-state index is 0.0319. The van der Waals surface area contributed by atoms with Crippen molar-refractivity contribution >= 4 is 16.9 Å². The molecule has 7 nitrogen and oxygen atoms in total. The molecule has 0 aliphatic heterocycles. The van der Waals surface area contributed by atoms with Crippen molar-refractivity contribution in [1.29, 1.82) is 0 Å². The van der Waals surface area contributed by atoms with E-state index in [9.17, 15) is 14.4 Å². The van der Waals surface area contributed by atoms with Crippen LogP contribution in [0, 0.1) is 0 Å². The fourth-order valence-corrected chi connectivity index (χ4v) is 4.35. The highest BCUT2D eigenvalue weighted by Gasteiger charge is 2.44. The number of carbonyl (C=O) groups excluding carboxylic acids is 1. The fourth-order valence-electron chi connectivity index (χ4n) is 4.35. The number of aromatic nitrogens is 3. The minimum Gasteiger partial charge on any atom is -0.351 e. The Morgan fingerprint density at radius 2 is 1.97 bits per heavy atom. The van der Waals surface area contributed by atoms with Gasteiger partial charge in [0.15, 0.2) is 5.65 Å². The number of benzene rings is 1. The van der Waals surface area contributed by atoms with Crippen molar-refractivity contribution in [2.75, 3.05) is 6.54 Å². The highest BCUT2D eigenvalue weighted by Crippen LogP contribution is 2.47. The van der Waals surface area contributed by atoms with E-state index in [4.69, 9.17) is 0 Å². The van der Waals surface area contributed by atoms with Gasteiger partial charge in [-0.1, -0.05) is 37.3 Å². The molecule has 5 rings (SSSR count). The van der Waals surface area contributed by atoms with E-state index >= 15 is 0 Å². The van der Waals surface area contributed by atoms with E-state index in [1.807, 2.05) is 25.1 Å². The molecule has 2 aliphatic carbocycles. The van der Waals surface area contributed by atoms with Crippen LogP contribution in [0.4, 0.5) is 0 Å². The van der Waals surface area contributed by atoms with Crippen LogP contribution in [-0.2, 0) is 12.0 Å². The van der Waals surface area contributed by atoms with Gasteiger partial charge in [0.1, 0.15) is 0 Å². The zero-order chi connectivity index (χ0) is 21.6. The third kappa shape index (κ3) is 3.58. The summed E-state index contributed by atoms with van der Waals surface area (Å²) in [4.78, 5) is 45.4.